The Hall–Kier alpha value is -1.51. The lowest BCUT2D eigenvalue weighted by Crippen LogP contribution is -2.33. The predicted molar refractivity (Wildman–Crippen MR) is 85.2 cm³/mol. The van der Waals surface area contributed by atoms with E-state index in [4.69, 9.17) is 5.11 Å². The average Bonchev–Trinajstić information content (AvgIpc) is 2.95. The van der Waals surface area contributed by atoms with Gasteiger partial charge in [-0.25, -0.2) is 0 Å². The molecule has 1 aliphatic rings. The molecule has 2 unspecified atom stereocenters. The van der Waals surface area contributed by atoms with Gasteiger partial charge in [0.2, 0.25) is 0 Å². The Morgan fingerprint density at radius 1 is 1.52 bits per heavy atom. The molecule has 1 aromatic heterocycles. The SMILES string of the molecule is CSC1CCC(NC(=O)c2cncc(C#CCCO)c2)C1. The van der Waals surface area contributed by atoms with E-state index < -0.39 is 0 Å². The molecule has 5 heteroatoms. The Morgan fingerprint density at radius 2 is 2.38 bits per heavy atom. The Morgan fingerprint density at radius 3 is 3.10 bits per heavy atom. The Kier molecular flexibility index (Phi) is 6.09. The summed E-state index contributed by atoms with van der Waals surface area (Å²) < 4.78 is 0. The number of amides is 1. The van der Waals surface area contributed by atoms with Gasteiger partial charge < -0.3 is 10.4 Å². The van der Waals surface area contributed by atoms with Gasteiger partial charge >= 0.3 is 0 Å². The van der Waals surface area contributed by atoms with Gasteiger partial charge in [0.15, 0.2) is 0 Å². The van der Waals surface area contributed by atoms with Crippen LogP contribution in [0.1, 0.15) is 41.6 Å². The van der Waals surface area contributed by atoms with Crippen molar-refractivity contribution < 1.29 is 9.90 Å². The fraction of sp³-hybridized carbons (Fsp3) is 0.500. The number of hydrogen-bond acceptors (Lipinski definition) is 4. The maximum Gasteiger partial charge on any atom is 0.253 e. The van der Waals surface area contributed by atoms with Gasteiger partial charge in [-0.05, 0) is 31.6 Å². The van der Waals surface area contributed by atoms with Crippen LogP contribution in [-0.2, 0) is 0 Å². The van der Waals surface area contributed by atoms with Crippen molar-refractivity contribution in [1.29, 1.82) is 0 Å². The smallest absolute Gasteiger partial charge is 0.253 e. The summed E-state index contributed by atoms with van der Waals surface area (Å²) in [6.07, 6.45) is 8.98. The van der Waals surface area contributed by atoms with Crippen LogP contribution in [0.5, 0.6) is 0 Å². The zero-order valence-electron chi connectivity index (χ0n) is 12.1. The molecule has 0 bridgehead atoms. The largest absolute Gasteiger partial charge is 0.395 e. The molecule has 4 nitrogen and oxygen atoms in total. The second-order valence-electron chi connectivity index (χ2n) is 5.08. The van der Waals surface area contributed by atoms with Gasteiger partial charge in [-0.15, -0.1) is 0 Å². The Bertz CT molecular complexity index is 551. The number of aliphatic hydroxyl groups is 1. The number of nitrogens with one attached hydrogen (secondary N) is 1. The maximum absolute atomic E-state index is 12.2. The minimum absolute atomic E-state index is 0.0406. The normalized spacial score (nSPS) is 20.7. The number of nitrogens with zero attached hydrogens (tertiary/aromatic N) is 1. The molecule has 0 aliphatic heterocycles. The number of aromatic nitrogens is 1. The van der Waals surface area contributed by atoms with Crippen LogP contribution in [0.4, 0.5) is 0 Å². The van der Waals surface area contributed by atoms with Crippen LogP contribution >= 0.6 is 11.8 Å². The molecular weight excluding hydrogens is 284 g/mol. The van der Waals surface area contributed by atoms with Gasteiger partial charge in [-0.2, -0.15) is 11.8 Å². The van der Waals surface area contributed by atoms with Crippen LogP contribution in [0, 0.1) is 11.8 Å². The molecule has 0 aromatic carbocycles. The molecule has 1 saturated carbocycles. The first kappa shape index (κ1) is 15.9. The molecule has 1 aliphatic carbocycles. The lowest BCUT2D eigenvalue weighted by atomic mass is 10.1. The number of thioether (sulfide) groups is 1. The molecule has 1 fully saturated rings. The lowest BCUT2D eigenvalue weighted by Gasteiger charge is -2.12. The van der Waals surface area contributed by atoms with Crippen molar-refractivity contribution in [3.63, 3.8) is 0 Å². The fourth-order valence-corrected chi connectivity index (χ4v) is 3.20. The van der Waals surface area contributed by atoms with E-state index in [1.165, 1.54) is 0 Å². The van der Waals surface area contributed by atoms with Gasteiger partial charge in [-0.3, -0.25) is 9.78 Å². The van der Waals surface area contributed by atoms with Crippen molar-refractivity contribution in [3.05, 3.63) is 29.6 Å². The van der Waals surface area contributed by atoms with E-state index in [2.05, 4.69) is 28.4 Å². The second-order valence-corrected chi connectivity index (χ2v) is 6.22. The first-order valence-corrected chi connectivity index (χ1v) is 8.40. The third kappa shape index (κ3) is 4.76. The highest BCUT2D eigenvalue weighted by Crippen LogP contribution is 2.28. The number of pyridine rings is 1. The van der Waals surface area contributed by atoms with E-state index in [0.29, 0.717) is 22.8 Å². The first-order chi connectivity index (χ1) is 10.2. The highest BCUT2D eigenvalue weighted by atomic mass is 32.2. The van der Waals surface area contributed by atoms with Gasteiger partial charge in [0, 0.05) is 35.7 Å². The molecule has 21 heavy (non-hydrogen) atoms. The van der Waals surface area contributed by atoms with Crippen LogP contribution in [0.25, 0.3) is 0 Å². The minimum Gasteiger partial charge on any atom is -0.395 e. The van der Waals surface area contributed by atoms with E-state index in [1.807, 2.05) is 11.8 Å². The van der Waals surface area contributed by atoms with E-state index in [0.717, 1.165) is 19.3 Å². The standard InChI is InChI=1S/C16H20N2O2S/c1-21-15-6-5-14(9-15)18-16(20)13-8-12(10-17-11-13)4-2-3-7-19/h8,10-11,14-15,19H,3,5-7,9H2,1H3,(H,18,20). The molecule has 2 atom stereocenters. The number of carbonyl (C=O) groups excluding carboxylic acids is 1. The van der Waals surface area contributed by atoms with Crippen molar-refractivity contribution in [2.75, 3.05) is 12.9 Å². The van der Waals surface area contributed by atoms with Gasteiger partial charge in [-0.1, -0.05) is 11.8 Å². The quantitative estimate of drug-likeness (QED) is 0.833. The minimum atomic E-state index is -0.0833. The van der Waals surface area contributed by atoms with Crippen LogP contribution in [0.3, 0.4) is 0 Å². The number of carbonyl (C=O) groups is 1. The van der Waals surface area contributed by atoms with Crippen LogP contribution in [0.2, 0.25) is 0 Å². The van der Waals surface area contributed by atoms with Crippen molar-refractivity contribution in [1.82, 2.24) is 10.3 Å². The van der Waals surface area contributed by atoms with Gasteiger partial charge in [0.1, 0.15) is 0 Å². The molecule has 1 heterocycles. The topological polar surface area (TPSA) is 62.2 Å². The van der Waals surface area contributed by atoms with Crippen molar-refractivity contribution in [2.45, 2.75) is 37.0 Å². The number of aliphatic hydroxyl groups excluding tert-OH is 1. The van der Waals surface area contributed by atoms with E-state index >= 15 is 0 Å². The summed E-state index contributed by atoms with van der Waals surface area (Å²) in [7, 11) is 0. The van der Waals surface area contributed by atoms with Crippen molar-refractivity contribution >= 4 is 17.7 Å². The molecule has 1 aromatic rings. The number of rotatable bonds is 4. The van der Waals surface area contributed by atoms with Gasteiger partial charge in [0.25, 0.3) is 5.91 Å². The zero-order chi connectivity index (χ0) is 15.1. The summed E-state index contributed by atoms with van der Waals surface area (Å²) in [5.74, 6) is 5.64. The predicted octanol–water partition coefficient (Wildman–Crippen LogP) is 1.83. The first-order valence-electron chi connectivity index (χ1n) is 7.11. The summed E-state index contributed by atoms with van der Waals surface area (Å²) in [5, 5.41) is 12.4. The molecule has 2 rings (SSSR count). The molecular formula is C16H20N2O2S. The fourth-order valence-electron chi connectivity index (χ4n) is 2.41. The Balaban J connectivity index is 1.97. The summed E-state index contributed by atoms with van der Waals surface area (Å²) in [4.78, 5) is 16.3. The molecule has 0 radical (unpaired) electrons. The summed E-state index contributed by atoms with van der Waals surface area (Å²) >= 11 is 1.87. The van der Waals surface area contributed by atoms with E-state index in [-0.39, 0.29) is 18.6 Å². The third-order valence-corrected chi connectivity index (χ3v) is 4.62. The monoisotopic (exact) mass is 304 g/mol. The molecule has 112 valence electrons. The molecule has 0 saturated heterocycles. The van der Waals surface area contributed by atoms with Crippen LogP contribution < -0.4 is 5.32 Å². The summed E-state index contributed by atoms with van der Waals surface area (Å²) in [6.45, 7) is 0.0406. The summed E-state index contributed by atoms with van der Waals surface area (Å²) in [6, 6.07) is 2.01. The molecule has 1 amide bonds. The Labute approximate surface area is 129 Å². The summed E-state index contributed by atoms with van der Waals surface area (Å²) in [5.41, 5.74) is 1.24. The molecule has 0 spiro atoms. The highest BCUT2D eigenvalue weighted by molar-refractivity contribution is 7.99. The second kappa shape index (κ2) is 8.06. The van der Waals surface area contributed by atoms with Crippen LogP contribution in [0.15, 0.2) is 18.5 Å². The van der Waals surface area contributed by atoms with Crippen molar-refractivity contribution in [3.8, 4) is 11.8 Å². The highest BCUT2D eigenvalue weighted by Gasteiger charge is 2.25. The average molecular weight is 304 g/mol. The zero-order valence-corrected chi connectivity index (χ0v) is 12.9. The third-order valence-electron chi connectivity index (χ3n) is 3.52. The lowest BCUT2D eigenvalue weighted by molar-refractivity contribution is 0.0937. The van der Waals surface area contributed by atoms with Gasteiger partial charge in [0.05, 0.1) is 12.2 Å². The van der Waals surface area contributed by atoms with Crippen molar-refractivity contribution in [2.24, 2.45) is 0 Å². The maximum atomic E-state index is 12.2. The molecule has 2 N–H and O–H groups in total. The van der Waals surface area contributed by atoms with E-state index in [1.54, 1.807) is 18.5 Å². The van der Waals surface area contributed by atoms with E-state index in [9.17, 15) is 4.79 Å². The number of hydrogen-bond donors (Lipinski definition) is 2. The van der Waals surface area contributed by atoms with Crippen LogP contribution in [-0.4, -0.2) is 40.2 Å².